The molecule has 2 rings (SSSR count). The molecule has 0 saturated heterocycles. The number of hydrogen-bond donors (Lipinski definition) is 1. The molecule has 0 radical (unpaired) electrons. The van der Waals surface area contributed by atoms with Gasteiger partial charge >= 0.3 is 0 Å². The van der Waals surface area contributed by atoms with E-state index in [0.717, 1.165) is 12.3 Å². The lowest BCUT2D eigenvalue weighted by Crippen LogP contribution is -2.13. The number of rotatable bonds is 2. The minimum Gasteiger partial charge on any atom is -0.322 e. The number of amides is 1. The van der Waals surface area contributed by atoms with Gasteiger partial charge in [-0.2, -0.15) is 0 Å². The quantitative estimate of drug-likeness (QED) is 0.867. The highest BCUT2D eigenvalue weighted by molar-refractivity contribution is 6.04. The molecule has 0 atom stereocenters. The van der Waals surface area contributed by atoms with E-state index in [1.807, 2.05) is 0 Å². The van der Waals surface area contributed by atoms with Crippen LogP contribution in [0.25, 0.3) is 0 Å². The van der Waals surface area contributed by atoms with E-state index in [4.69, 9.17) is 0 Å². The van der Waals surface area contributed by atoms with E-state index < -0.39 is 17.5 Å². The van der Waals surface area contributed by atoms with Crippen molar-refractivity contribution in [3.8, 4) is 0 Å². The first-order chi connectivity index (χ1) is 8.16. The largest absolute Gasteiger partial charge is 0.322 e. The van der Waals surface area contributed by atoms with Crippen LogP contribution >= 0.6 is 0 Å². The maximum atomic E-state index is 13.2. The lowest BCUT2D eigenvalue weighted by atomic mass is 10.2. The number of anilines is 1. The Balaban J connectivity index is 2.20. The highest BCUT2D eigenvalue weighted by Gasteiger charge is 2.11. The van der Waals surface area contributed by atoms with Gasteiger partial charge in [0.25, 0.3) is 5.91 Å². The van der Waals surface area contributed by atoms with E-state index >= 15 is 0 Å². The summed E-state index contributed by atoms with van der Waals surface area (Å²) >= 11 is 0. The third-order valence-corrected chi connectivity index (χ3v) is 2.10. The summed E-state index contributed by atoms with van der Waals surface area (Å²) in [4.78, 5) is 15.2. The molecule has 1 aromatic heterocycles. The zero-order valence-electron chi connectivity index (χ0n) is 8.65. The minimum atomic E-state index is -0.721. The fraction of sp³-hybridized carbons (Fsp3) is 0. The number of halogens is 2. The van der Waals surface area contributed by atoms with E-state index in [0.29, 0.717) is 0 Å². The second-order valence-corrected chi connectivity index (χ2v) is 3.32. The molecule has 0 unspecified atom stereocenters. The number of nitrogens with one attached hydrogen (secondary N) is 1. The van der Waals surface area contributed by atoms with E-state index in [1.165, 1.54) is 30.5 Å². The number of benzene rings is 1. The van der Waals surface area contributed by atoms with Crippen LogP contribution in [0.5, 0.6) is 0 Å². The fourth-order valence-corrected chi connectivity index (χ4v) is 1.32. The molecule has 0 spiro atoms. The van der Waals surface area contributed by atoms with Crippen LogP contribution in [0.2, 0.25) is 0 Å². The summed E-state index contributed by atoms with van der Waals surface area (Å²) in [6.07, 6.45) is 2.25. The molecule has 0 saturated carbocycles. The van der Waals surface area contributed by atoms with Gasteiger partial charge in [0, 0.05) is 11.9 Å². The van der Waals surface area contributed by atoms with Crippen LogP contribution in [0, 0.1) is 11.6 Å². The normalized spacial score (nSPS) is 10.0. The number of carbonyl (C=O) groups excluding carboxylic acids is 1. The molecular weight excluding hydrogens is 226 g/mol. The molecule has 1 N–H and O–H groups in total. The molecule has 3 nitrogen and oxygen atoms in total. The van der Waals surface area contributed by atoms with Crippen molar-refractivity contribution in [1.82, 2.24) is 4.98 Å². The van der Waals surface area contributed by atoms with Gasteiger partial charge in [-0.1, -0.05) is 6.07 Å². The first kappa shape index (κ1) is 11.2. The van der Waals surface area contributed by atoms with Crippen LogP contribution in [0.15, 0.2) is 42.7 Å². The van der Waals surface area contributed by atoms with Crippen molar-refractivity contribution >= 4 is 11.6 Å². The van der Waals surface area contributed by atoms with Crippen LogP contribution < -0.4 is 5.32 Å². The van der Waals surface area contributed by atoms with Gasteiger partial charge < -0.3 is 5.32 Å². The molecule has 1 amide bonds. The van der Waals surface area contributed by atoms with E-state index in [9.17, 15) is 13.6 Å². The second-order valence-electron chi connectivity index (χ2n) is 3.32. The Morgan fingerprint density at radius 3 is 2.76 bits per heavy atom. The van der Waals surface area contributed by atoms with Crippen molar-refractivity contribution in [2.24, 2.45) is 0 Å². The standard InChI is InChI=1S/C12H8F2N2O/c13-8-2-1-3-9(6-8)16-12(17)10-4-5-15-7-11(10)14/h1-7H,(H,16,17). The molecule has 5 heteroatoms. The summed E-state index contributed by atoms with van der Waals surface area (Å²) in [5.41, 5.74) is 0.135. The third kappa shape index (κ3) is 2.63. The lowest BCUT2D eigenvalue weighted by Gasteiger charge is -2.05. The van der Waals surface area contributed by atoms with E-state index in [2.05, 4.69) is 10.3 Å². The second kappa shape index (κ2) is 4.69. The molecule has 0 fully saturated rings. The summed E-state index contributed by atoms with van der Waals surface area (Å²) in [5, 5.41) is 2.39. The Hall–Kier alpha value is -2.30. The number of hydrogen-bond acceptors (Lipinski definition) is 2. The van der Waals surface area contributed by atoms with Crippen molar-refractivity contribution < 1.29 is 13.6 Å². The summed E-state index contributed by atoms with van der Waals surface area (Å²) in [7, 11) is 0. The van der Waals surface area contributed by atoms with Crippen LogP contribution in [0.1, 0.15) is 10.4 Å². The molecule has 0 bridgehead atoms. The van der Waals surface area contributed by atoms with Gasteiger partial charge in [0.2, 0.25) is 0 Å². The zero-order valence-corrected chi connectivity index (χ0v) is 8.65. The van der Waals surface area contributed by atoms with Crippen molar-refractivity contribution in [2.75, 3.05) is 5.32 Å². The van der Waals surface area contributed by atoms with Gasteiger partial charge in [-0.15, -0.1) is 0 Å². The summed E-state index contributed by atoms with van der Waals surface area (Å²) in [6.45, 7) is 0. The van der Waals surface area contributed by atoms with Gasteiger partial charge in [0.05, 0.1) is 11.8 Å². The van der Waals surface area contributed by atoms with Gasteiger partial charge in [-0.25, -0.2) is 8.78 Å². The lowest BCUT2D eigenvalue weighted by molar-refractivity contribution is 0.102. The van der Waals surface area contributed by atoms with Crippen LogP contribution in [0.4, 0.5) is 14.5 Å². The fourth-order valence-electron chi connectivity index (χ4n) is 1.32. The maximum Gasteiger partial charge on any atom is 0.258 e. The minimum absolute atomic E-state index is 0.135. The number of pyridine rings is 1. The molecule has 0 aliphatic rings. The first-order valence-corrected chi connectivity index (χ1v) is 4.83. The monoisotopic (exact) mass is 234 g/mol. The van der Waals surface area contributed by atoms with Crippen molar-refractivity contribution in [1.29, 1.82) is 0 Å². The van der Waals surface area contributed by atoms with Gasteiger partial charge in [0.15, 0.2) is 5.82 Å². The SMILES string of the molecule is O=C(Nc1cccc(F)c1)c1ccncc1F. The Kier molecular flexibility index (Phi) is 3.09. The summed E-state index contributed by atoms with van der Waals surface area (Å²) in [5.74, 6) is -1.84. The Morgan fingerprint density at radius 1 is 1.24 bits per heavy atom. The van der Waals surface area contributed by atoms with Gasteiger partial charge in [-0.05, 0) is 24.3 Å². The van der Waals surface area contributed by atoms with Crippen LogP contribution in [-0.4, -0.2) is 10.9 Å². The number of aromatic nitrogens is 1. The molecule has 86 valence electrons. The summed E-state index contributed by atoms with van der Waals surface area (Å²) in [6, 6.07) is 6.62. The Morgan fingerprint density at radius 2 is 2.06 bits per heavy atom. The molecule has 1 heterocycles. The molecular formula is C12H8F2N2O. The summed E-state index contributed by atoms with van der Waals surface area (Å²) < 4.78 is 26.1. The zero-order chi connectivity index (χ0) is 12.3. The smallest absolute Gasteiger partial charge is 0.258 e. The molecule has 1 aromatic carbocycles. The predicted octanol–water partition coefficient (Wildman–Crippen LogP) is 2.61. The molecule has 0 aliphatic carbocycles. The highest BCUT2D eigenvalue weighted by Crippen LogP contribution is 2.12. The average molecular weight is 234 g/mol. The van der Waals surface area contributed by atoms with E-state index in [-0.39, 0.29) is 11.3 Å². The van der Waals surface area contributed by atoms with Crippen molar-refractivity contribution in [3.05, 3.63) is 59.9 Å². The van der Waals surface area contributed by atoms with Crippen molar-refractivity contribution in [2.45, 2.75) is 0 Å². The highest BCUT2D eigenvalue weighted by atomic mass is 19.1. The van der Waals surface area contributed by atoms with Gasteiger partial charge in [0.1, 0.15) is 5.82 Å². The molecule has 2 aromatic rings. The van der Waals surface area contributed by atoms with Crippen molar-refractivity contribution in [3.63, 3.8) is 0 Å². The third-order valence-electron chi connectivity index (χ3n) is 2.10. The number of carbonyl (C=O) groups is 1. The molecule has 17 heavy (non-hydrogen) atoms. The topological polar surface area (TPSA) is 42.0 Å². The molecule has 0 aliphatic heterocycles. The maximum absolute atomic E-state index is 13.2. The van der Waals surface area contributed by atoms with Gasteiger partial charge in [-0.3, -0.25) is 9.78 Å². The Labute approximate surface area is 96.1 Å². The Bertz CT molecular complexity index is 558. The average Bonchev–Trinajstić information content (AvgIpc) is 2.29. The van der Waals surface area contributed by atoms with E-state index in [1.54, 1.807) is 0 Å². The predicted molar refractivity (Wildman–Crippen MR) is 58.5 cm³/mol. The van der Waals surface area contributed by atoms with Crippen LogP contribution in [0.3, 0.4) is 0 Å². The van der Waals surface area contributed by atoms with Crippen LogP contribution in [-0.2, 0) is 0 Å². The first-order valence-electron chi connectivity index (χ1n) is 4.83. The number of nitrogens with zero attached hydrogens (tertiary/aromatic N) is 1.